The summed E-state index contributed by atoms with van der Waals surface area (Å²) in [4.78, 5) is 10.4. The predicted octanol–water partition coefficient (Wildman–Crippen LogP) is 11.3. The fourth-order valence-corrected chi connectivity index (χ4v) is 7.59. The van der Waals surface area contributed by atoms with E-state index in [1.165, 1.54) is 10.9 Å². The Balaban J connectivity index is 1.28. The minimum absolute atomic E-state index is 0.609. The summed E-state index contributed by atoms with van der Waals surface area (Å²) in [6.07, 6.45) is 6.31. The molecule has 3 aromatic heterocycles. The molecule has 0 unspecified atom stereocenters. The number of nitriles is 1. The number of fused-ring (bicyclic) bond motifs is 8. The average molecular weight is 641 g/mol. The van der Waals surface area contributed by atoms with E-state index in [1.807, 2.05) is 54.6 Å². The van der Waals surface area contributed by atoms with Gasteiger partial charge in [0.15, 0.2) is 5.82 Å². The van der Waals surface area contributed by atoms with Gasteiger partial charge in [0, 0.05) is 38.5 Å². The maximum atomic E-state index is 9.78. The van der Waals surface area contributed by atoms with E-state index in [2.05, 4.69) is 102 Å². The summed E-state index contributed by atoms with van der Waals surface area (Å²) in [5.74, 6) is 1.59. The van der Waals surface area contributed by atoms with E-state index in [-0.39, 0.29) is 0 Å². The van der Waals surface area contributed by atoms with Crippen LogP contribution in [-0.4, -0.2) is 14.5 Å². The van der Waals surface area contributed by atoms with Gasteiger partial charge in [0.25, 0.3) is 0 Å². The molecule has 0 spiro atoms. The molecule has 0 atom stereocenters. The van der Waals surface area contributed by atoms with E-state index in [0.29, 0.717) is 11.4 Å². The standard InChI is InChI=1S/C45H28N4O/c46-27-28-11-10-14-30(23-28)31-24-32(45-47-38-18-7-4-16-36(38)43(48-45)29-12-2-1-3-13-29)26-33(25-31)49-39-19-8-5-17-37(39)42-40(49)22-21-35-34-15-6-9-20-41(34)50-44(35)42/h1-5,7-14,16-26H,6,15H2. The number of furan rings is 1. The summed E-state index contributed by atoms with van der Waals surface area (Å²) in [6, 6.07) is 48.0. The molecule has 3 heterocycles. The highest BCUT2D eigenvalue weighted by Crippen LogP contribution is 2.42. The van der Waals surface area contributed by atoms with E-state index in [9.17, 15) is 5.26 Å². The summed E-state index contributed by atoms with van der Waals surface area (Å²) in [7, 11) is 0. The molecule has 0 saturated carbocycles. The number of aromatic nitrogens is 3. The minimum Gasteiger partial charge on any atom is -0.456 e. The summed E-state index contributed by atoms with van der Waals surface area (Å²) in [6.45, 7) is 0. The molecule has 5 nitrogen and oxygen atoms in total. The molecule has 0 saturated heterocycles. The highest BCUT2D eigenvalue weighted by atomic mass is 16.3. The van der Waals surface area contributed by atoms with Crippen molar-refractivity contribution in [3.63, 3.8) is 0 Å². The summed E-state index contributed by atoms with van der Waals surface area (Å²) >= 11 is 0. The Morgan fingerprint density at radius 2 is 1.44 bits per heavy atom. The summed E-state index contributed by atoms with van der Waals surface area (Å²) in [5, 5.41) is 14.2. The van der Waals surface area contributed by atoms with Gasteiger partial charge in [-0.1, -0.05) is 84.9 Å². The molecule has 9 aromatic rings. The van der Waals surface area contributed by atoms with Crippen molar-refractivity contribution in [3.05, 3.63) is 156 Å². The van der Waals surface area contributed by atoms with Gasteiger partial charge in [-0.15, -0.1) is 0 Å². The van der Waals surface area contributed by atoms with Crippen LogP contribution in [0.4, 0.5) is 0 Å². The second-order valence-electron chi connectivity index (χ2n) is 12.8. The summed E-state index contributed by atoms with van der Waals surface area (Å²) in [5.41, 5.74) is 11.5. The van der Waals surface area contributed by atoms with Gasteiger partial charge in [-0.05, 0) is 84.6 Å². The van der Waals surface area contributed by atoms with Crippen LogP contribution >= 0.6 is 0 Å². The van der Waals surface area contributed by atoms with Crippen LogP contribution in [-0.2, 0) is 6.42 Å². The predicted molar refractivity (Wildman–Crippen MR) is 202 cm³/mol. The van der Waals surface area contributed by atoms with Crippen molar-refractivity contribution in [2.45, 2.75) is 12.8 Å². The van der Waals surface area contributed by atoms with Gasteiger partial charge in [0.05, 0.1) is 39.3 Å². The zero-order chi connectivity index (χ0) is 33.2. The average Bonchev–Trinajstić information content (AvgIpc) is 3.73. The number of benzene rings is 6. The van der Waals surface area contributed by atoms with Crippen molar-refractivity contribution in [1.29, 1.82) is 5.26 Å². The largest absolute Gasteiger partial charge is 0.456 e. The van der Waals surface area contributed by atoms with Gasteiger partial charge in [0.1, 0.15) is 11.3 Å². The number of rotatable bonds is 4. The normalized spacial score (nSPS) is 12.5. The molecule has 0 aliphatic heterocycles. The molecule has 5 heteroatoms. The fourth-order valence-electron chi connectivity index (χ4n) is 7.59. The highest BCUT2D eigenvalue weighted by Gasteiger charge is 2.22. The molecule has 10 rings (SSSR count). The molecule has 50 heavy (non-hydrogen) atoms. The van der Waals surface area contributed by atoms with Crippen molar-refractivity contribution in [3.8, 4) is 45.5 Å². The van der Waals surface area contributed by atoms with Crippen LogP contribution in [0.25, 0.3) is 89.2 Å². The third kappa shape index (κ3) is 4.39. The maximum Gasteiger partial charge on any atom is 0.160 e. The number of nitrogens with zero attached hydrogens (tertiary/aromatic N) is 4. The molecule has 234 valence electrons. The molecule has 1 aliphatic rings. The molecule has 0 radical (unpaired) electrons. The van der Waals surface area contributed by atoms with Gasteiger partial charge in [-0.3, -0.25) is 0 Å². The number of aryl methyl sites for hydroxylation is 1. The van der Waals surface area contributed by atoms with Crippen LogP contribution in [0, 0.1) is 11.3 Å². The Hall–Kier alpha value is -6.77. The first kappa shape index (κ1) is 28.3. The lowest BCUT2D eigenvalue weighted by Gasteiger charge is -2.15. The van der Waals surface area contributed by atoms with Crippen LogP contribution in [0.3, 0.4) is 0 Å². The Bertz CT molecular complexity index is 2890. The SMILES string of the molecule is N#Cc1cccc(-c2cc(-c3nc(-c4ccccc4)c4ccccc4n3)cc(-n3c4ccccc4c4c5oc6c(c5ccc43)CCC=C6)c2)c1. The number of para-hydroxylation sites is 2. The third-order valence-corrected chi connectivity index (χ3v) is 9.87. The van der Waals surface area contributed by atoms with Crippen molar-refractivity contribution in [2.75, 3.05) is 0 Å². The number of allylic oxidation sites excluding steroid dienone is 1. The van der Waals surface area contributed by atoms with Crippen molar-refractivity contribution in [1.82, 2.24) is 14.5 Å². The molecule has 1 aliphatic carbocycles. The van der Waals surface area contributed by atoms with Crippen molar-refractivity contribution < 1.29 is 4.42 Å². The lowest BCUT2D eigenvalue weighted by atomic mass is 9.99. The van der Waals surface area contributed by atoms with Gasteiger partial charge in [-0.2, -0.15) is 5.26 Å². The third-order valence-electron chi connectivity index (χ3n) is 9.87. The zero-order valence-electron chi connectivity index (χ0n) is 27.0. The van der Waals surface area contributed by atoms with Crippen LogP contribution in [0.15, 0.2) is 144 Å². The lowest BCUT2D eigenvalue weighted by molar-refractivity contribution is 0.598. The second kappa shape index (κ2) is 11.2. The fraction of sp³-hybridized carbons (Fsp3) is 0.0444. The quantitative estimate of drug-likeness (QED) is 0.192. The van der Waals surface area contributed by atoms with Crippen LogP contribution in [0.2, 0.25) is 0 Å². The van der Waals surface area contributed by atoms with Crippen molar-refractivity contribution in [2.24, 2.45) is 0 Å². The van der Waals surface area contributed by atoms with E-state index in [0.717, 1.165) is 90.5 Å². The first-order valence-corrected chi connectivity index (χ1v) is 16.9. The zero-order valence-corrected chi connectivity index (χ0v) is 27.0. The molecular weight excluding hydrogens is 613 g/mol. The van der Waals surface area contributed by atoms with Gasteiger partial charge < -0.3 is 8.98 Å². The Morgan fingerprint density at radius 1 is 0.640 bits per heavy atom. The maximum absolute atomic E-state index is 9.78. The Labute approximate surface area is 288 Å². The van der Waals surface area contributed by atoms with E-state index < -0.39 is 0 Å². The Morgan fingerprint density at radius 3 is 2.34 bits per heavy atom. The molecule has 6 aromatic carbocycles. The monoisotopic (exact) mass is 640 g/mol. The topological polar surface area (TPSA) is 67.6 Å². The van der Waals surface area contributed by atoms with Crippen LogP contribution in [0.1, 0.15) is 23.3 Å². The Kier molecular flexibility index (Phi) is 6.30. The van der Waals surface area contributed by atoms with E-state index in [4.69, 9.17) is 14.4 Å². The van der Waals surface area contributed by atoms with Crippen LogP contribution < -0.4 is 0 Å². The van der Waals surface area contributed by atoms with E-state index in [1.54, 1.807) is 0 Å². The smallest absolute Gasteiger partial charge is 0.160 e. The van der Waals surface area contributed by atoms with Crippen molar-refractivity contribution >= 4 is 49.8 Å². The van der Waals surface area contributed by atoms with Gasteiger partial charge in [-0.25, -0.2) is 9.97 Å². The van der Waals surface area contributed by atoms with Gasteiger partial charge >= 0.3 is 0 Å². The summed E-state index contributed by atoms with van der Waals surface area (Å²) < 4.78 is 8.94. The number of hydrogen-bond donors (Lipinski definition) is 0. The number of hydrogen-bond acceptors (Lipinski definition) is 4. The minimum atomic E-state index is 0.609. The first-order valence-electron chi connectivity index (χ1n) is 16.9. The molecule has 0 bridgehead atoms. The van der Waals surface area contributed by atoms with Crippen LogP contribution in [0.5, 0.6) is 0 Å². The molecule has 0 fully saturated rings. The lowest BCUT2D eigenvalue weighted by Crippen LogP contribution is -1.99. The van der Waals surface area contributed by atoms with Gasteiger partial charge in [0.2, 0.25) is 0 Å². The first-order chi connectivity index (χ1) is 24.7. The molecule has 0 N–H and O–H groups in total. The van der Waals surface area contributed by atoms with E-state index >= 15 is 0 Å². The second-order valence-corrected chi connectivity index (χ2v) is 12.8. The molecular formula is C45H28N4O. The molecule has 0 amide bonds. The highest BCUT2D eigenvalue weighted by molar-refractivity contribution is 6.20.